The standard InChI is InChI=1S/C19H13FN2O3S/c1-2-22-14-8-7-12(20)10-16(14)26-19(22)21-17(23)13-9-11-5-3-4-6-15(11)25-18(13)24/h3-10H,2H2,1H3. The molecule has 0 N–H and O–H groups in total. The van der Waals surface area contributed by atoms with Gasteiger partial charge in [0.05, 0.1) is 10.2 Å². The molecule has 130 valence electrons. The van der Waals surface area contributed by atoms with Crippen molar-refractivity contribution < 1.29 is 13.6 Å². The van der Waals surface area contributed by atoms with Crippen LogP contribution in [0.5, 0.6) is 0 Å². The minimum absolute atomic E-state index is 0.130. The molecule has 0 saturated heterocycles. The molecule has 0 aliphatic heterocycles. The number of hydrogen-bond donors (Lipinski definition) is 0. The van der Waals surface area contributed by atoms with Crippen molar-refractivity contribution in [2.45, 2.75) is 13.5 Å². The zero-order valence-corrected chi connectivity index (χ0v) is 14.5. The number of aryl methyl sites for hydroxylation is 1. The Morgan fingerprint density at radius 3 is 2.85 bits per heavy atom. The Labute approximate surface area is 150 Å². The third-order valence-corrected chi connectivity index (χ3v) is 5.07. The second kappa shape index (κ2) is 6.34. The molecule has 7 heteroatoms. The maximum absolute atomic E-state index is 13.5. The monoisotopic (exact) mass is 368 g/mol. The van der Waals surface area contributed by atoms with Crippen LogP contribution in [0.1, 0.15) is 17.3 Å². The smallest absolute Gasteiger partial charge is 0.349 e. The minimum atomic E-state index is -0.729. The SMILES string of the molecule is CCn1c(=NC(=O)c2cc3ccccc3oc2=O)sc2cc(F)ccc21. The first-order valence-corrected chi connectivity index (χ1v) is 8.79. The van der Waals surface area contributed by atoms with E-state index in [0.717, 1.165) is 5.52 Å². The third-order valence-electron chi connectivity index (χ3n) is 4.03. The Morgan fingerprint density at radius 1 is 1.23 bits per heavy atom. The van der Waals surface area contributed by atoms with E-state index < -0.39 is 11.5 Å². The van der Waals surface area contributed by atoms with Gasteiger partial charge in [-0.2, -0.15) is 4.99 Å². The molecule has 0 spiro atoms. The van der Waals surface area contributed by atoms with Gasteiger partial charge in [-0.1, -0.05) is 29.5 Å². The summed E-state index contributed by atoms with van der Waals surface area (Å²) in [6, 6.07) is 12.9. The van der Waals surface area contributed by atoms with E-state index in [9.17, 15) is 14.0 Å². The second-order valence-electron chi connectivity index (χ2n) is 5.64. The fraction of sp³-hybridized carbons (Fsp3) is 0.105. The lowest BCUT2D eigenvalue weighted by Gasteiger charge is -2.00. The number of para-hydroxylation sites is 1. The van der Waals surface area contributed by atoms with Crippen LogP contribution in [0.4, 0.5) is 4.39 Å². The van der Waals surface area contributed by atoms with E-state index in [2.05, 4.69) is 4.99 Å². The summed E-state index contributed by atoms with van der Waals surface area (Å²) in [5.74, 6) is -1.03. The van der Waals surface area contributed by atoms with Gasteiger partial charge in [-0.05, 0) is 37.3 Å². The summed E-state index contributed by atoms with van der Waals surface area (Å²) in [4.78, 5) is 29.2. The van der Waals surface area contributed by atoms with Crippen LogP contribution in [-0.4, -0.2) is 10.5 Å². The Balaban J connectivity index is 1.89. The lowest BCUT2D eigenvalue weighted by molar-refractivity contribution is 0.0994. The van der Waals surface area contributed by atoms with Crippen LogP contribution in [0.2, 0.25) is 0 Å². The molecule has 26 heavy (non-hydrogen) atoms. The van der Waals surface area contributed by atoms with Crippen LogP contribution in [-0.2, 0) is 6.54 Å². The topological polar surface area (TPSA) is 64.6 Å². The average molecular weight is 368 g/mol. The lowest BCUT2D eigenvalue weighted by Crippen LogP contribution is -2.19. The van der Waals surface area contributed by atoms with Crippen LogP contribution >= 0.6 is 11.3 Å². The molecular weight excluding hydrogens is 355 g/mol. The van der Waals surface area contributed by atoms with Crippen molar-refractivity contribution in [3.8, 4) is 0 Å². The number of halogens is 1. The molecule has 0 saturated carbocycles. The average Bonchev–Trinajstić information content (AvgIpc) is 2.96. The second-order valence-corrected chi connectivity index (χ2v) is 6.65. The Hall–Kier alpha value is -3.06. The number of carbonyl (C=O) groups is 1. The Morgan fingerprint density at radius 2 is 2.04 bits per heavy atom. The number of thiazole rings is 1. The highest BCUT2D eigenvalue weighted by molar-refractivity contribution is 7.16. The fourth-order valence-electron chi connectivity index (χ4n) is 2.80. The molecule has 0 radical (unpaired) electrons. The van der Waals surface area contributed by atoms with Gasteiger partial charge in [-0.15, -0.1) is 0 Å². The molecule has 0 aliphatic rings. The highest BCUT2D eigenvalue weighted by Gasteiger charge is 2.14. The lowest BCUT2D eigenvalue weighted by atomic mass is 10.2. The highest BCUT2D eigenvalue weighted by Crippen LogP contribution is 2.19. The summed E-state index contributed by atoms with van der Waals surface area (Å²) < 4.78 is 21.1. The maximum atomic E-state index is 13.5. The molecule has 0 bridgehead atoms. The number of nitrogens with zero attached hydrogens (tertiary/aromatic N) is 2. The van der Waals surface area contributed by atoms with Crippen molar-refractivity contribution in [1.82, 2.24) is 4.57 Å². The highest BCUT2D eigenvalue weighted by atomic mass is 32.1. The zero-order chi connectivity index (χ0) is 18.3. The van der Waals surface area contributed by atoms with E-state index in [1.54, 1.807) is 34.9 Å². The summed E-state index contributed by atoms with van der Waals surface area (Å²) in [7, 11) is 0. The number of carbonyl (C=O) groups excluding carboxylic acids is 1. The Kier molecular flexibility index (Phi) is 4.00. The van der Waals surface area contributed by atoms with Gasteiger partial charge in [0.25, 0.3) is 5.91 Å². The molecule has 2 aromatic heterocycles. The van der Waals surface area contributed by atoms with Gasteiger partial charge in [0.2, 0.25) is 0 Å². The van der Waals surface area contributed by atoms with E-state index in [1.165, 1.54) is 29.5 Å². The summed E-state index contributed by atoms with van der Waals surface area (Å²) in [6.07, 6.45) is 0. The van der Waals surface area contributed by atoms with E-state index in [1.807, 2.05) is 6.92 Å². The third kappa shape index (κ3) is 2.76. The van der Waals surface area contributed by atoms with Crippen molar-refractivity contribution in [2.75, 3.05) is 0 Å². The number of benzene rings is 2. The van der Waals surface area contributed by atoms with Gasteiger partial charge in [0.15, 0.2) is 4.80 Å². The molecular formula is C19H13FN2O3S. The maximum Gasteiger partial charge on any atom is 0.349 e. The van der Waals surface area contributed by atoms with Crippen molar-refractivity contribution >= 4 is 38.4 Å². The molecule has 0 aliphatic carbocycles. The van der Waals surface area contributed by atoms with E-state index in [-0.39, 0.29) is 11.4 Å². The number of aromatic nitrogens is 1. The van der Waals surface area contributed by atoms with E-state index >= 15 is 0 Å². The first kappa shape index (κ1) is 16.4. The largest absolute Gasteiger partial charge is 0.422 e. The summed E-state index contributed by atoms with van der Waals surface area (Å²) in [6.45, 7) is 2.47. The molecule has 0 fully saturated rings. The summed E-state index contributed by atoms with van der Waals surface area (Å²) >= 11 is 1.20. The molecule has 5 nitrogen and oxygen atoms in total. The van der Waals surface area contributed by atoms with Gasteiger partial charge in [0, 0.05) is 11.9 Å². The van der Waals surface area contributed by atoms with Gasteiger partial charge in [-0.25, -0.2) is 9.18 Å². The van der Waals surface area contributed by atoms with Crippen LogP contribution < -0.4 is 10.4 Å². The molecule has 0 unspecified atom stereocenters. The van der Waals surface area contributed by atoms with Crippen LogP contribution in [0.3, 0.4) is 0 Å². The van der Waals surface area contributed by atoms with Gasteiger partial charge < -0.3 is 8.98 Å². The molecule has 4 aromatic rings. The van der Waals surface area contributed by atoms with E-state index in [0.29, 0.717) is 27.0 Å². The molecule has 1 amide bonds. The first-order chi connectivity index (χ1) is 12.6. The minimum Gasteiger partial charge on any atom is -0.422 e. The fourth-order valence-corrected chi connectivity index (χ4v) is 3.91. The first-order valence-electron chi connectivity index (χ1n) is 7.97. The van der Waals surface area contributed by atoms with Crippen molar-refractivity contribution in [3.63, 3.8) is 0 Å². The number of amides is 1. The zero-order valence-electron chi connectivity index (χ0n) is 13.7. The quantitative estimate of drug-likeness (QED) is 0.507. The van der Waals surface area contributed by atoms with E-state index in [4.69, 9.17) is 4.42 Å². The Bertz CT molecular complexity index is 1280. The summed E-state index contributed by atoms with van der Waals surface area (Å²) in [5.41, 5.74) is 0.341. The van der Waals surface area contributed by atoms with Gasteiger partial charge >= 0.3 is 5.63 Å². The van der Waals surface area contributed by atoms with Crippen LogP contribution in [0.25, 0.3) is 21.2 Å². The van der Waals surface area contributed by atoms with Crippen molar-refractivity contribution in [1.29, 1.82) is 0 Å². The molecule has 2 aromatic carbocycles. The molecule has 4 rings (SSSR count). The molecule has 2 heterocycles. The molecule has 0 atom stereocenters. The van der Waals surface area contributed by atoms with Crippen molar-refractivity contribution in [3.05, 3.63) is 75.1 Å². The van der Waals surface area contributed by atoms with Crippen LogP contribution in [0, 0.1) is 5.82 Å². The normalized spacial score (nSPS) is 12.2. The number of fused-ring (bicyclic) bond motifs is 2. The van der Waals surface area contributed by atoms with Crippen LogP contribution in [0.15, 0.2) is 62.7 Å². The van der Waals surface area contributed by atoms with Gasteiger partial charge in [-0.3, -0.25) is 4.79 Å². The predicted molar refractivity (Wildman–Crippen MR) is 97.8 cm³/mol. The van der Waals surface area contributed by atoms with Gasteiger partial charge in [0.1, 0.15) is 17.0 Å². The number of hydrogen-bond acceptors (Lipinski definition) is 4. The summed E-state index contributed by atoms with van der Waals surface area (Å²) in [5, 5.41) is 0.646. The predicted octanol–water partition coefficient (Wildman–Crippen LogP) is 3.71. The number of rotatable bonds is 2. The van der Waals surface area contributed by atoms with Crippen molar-refractivity contribution in [2.24, 2.45) is 4.99 Å².